The fourth-order valence-electron chi connectivity index (χ4n) is 1.38. The van der Waals surface area contributed by atoms with Gasteiger partial charge in [0.2, 0.25) is 0 Å². The summed E-state index contributed by atoms with van der Waals surface area (Å²) in [5, 5.41) is 13.3. The first-order valence-corrected chi connectivity index (χ1v) is 5.87. The third-order valence-electron chi connectivity index (χ3n) is 2.38. The van der Waals surface area contributed by atoms with Crippen LogP contribution in [0.25, 0.3) is 0 Å². The van der Waals surface area contributed by atoms with E-state index in [1.54, 1.807) is 0 Å². The van der Waals surface area contributed by atoms with Gasteiger partial charge >= 0.3 is 0 Å². The fourth-order valence-corrected chi connectivity index (χ4v) is 1.38. The van der Waals surface area contributed by atoms with Gasteiger partial charge in [-0.15, -0.1) is 0 Å². The van der Waals surface area contributed by atoms with Crippen LogP contribution in [0.5, 0.6) is 0 Å². The minimum absolute atomic E-state index is 0. The van der Waals surface area contributed by atoms with Gasteiger partial charge in [-0.1, -0.05) is 6.07 Å². The maximum atomic E-state index is 10.0. The lowest BCUT2D eigenvalue weighted by molar-refractivity contribution is 0.159. The van der Waals surface area contributed by atoms with Gasteiger partial charge in [0.15, 0.2) is 0 Å². The molecule has 0 spiro atoms. The van der Waals surface area contributed by atoms with Crippen molar-refractivity contribution >= 4 is 19.3 Å². The Morgan fingerprint density at radius 2 is 1.94 bits per heavy atom. The molecule has 2 N–H and O–H groups in total. The maximum Gasteiger partial charge on any atom is 0.128 e. The van der Waals surface area contributed by atoms with Crippen molar-refractivity contribution in [2.45, 2.75) is 32.4 Å². The zero-order valence-electron chi connectivity index (χ0n) is 11.9. The van der Waals surface area contributed by atoms with Gasteiger partial charge in [0.25, 0.3) is 0 Å². The summed E-state index contributed by atoms with van der Waals surface area (Å²) in [6.07, 6.45) is -0.575. The number of aromatic nitrogens is 1. The van der Waals surface area contributed by atoms with Gasteiger partial charge in [0.1, 0.15) is 11.9 Å². The van der Waals surface area contributed by atoms with Crippen LogP contribution in [0.4, 0.5) is 5.82 Å². The van der Waals surface area contributed by atoms with E-state index in [2.05, 4.69) is 31.1 Å². The molecule has 0 saturated carbocycles. The average molecular weight is 271 g/mol. The van der Waals surface area contributed by atoms with Crippen LogP contribution in [0.15, 0.2) is 18.2 Å². The minimum Gasteiger partial charge on any atom is -0.385 e. The molecule has 1 heterocycles. The summed E-state index contributed by atoms with van der Waals surface area (Å²) in [5.41, 5.74) is 0.702. The highest BCUT2D eigenvalue weighted by molar-refractivity contribution is 7.59. The zero-order valence-corrected chi connectivity index (χ0v) is 12.9. The monoisotopic (exact) mass is 271 g/mol. The number of rotatable bonds is 4. The number of nitrogens with zero attached hydrogens (tertiary/aromatic N) is 2. The molecule has 1 atom stereocenters. The maximum absolute atomic E-state index is 10.0. The lowest BCUT2D eigenvalue weighted by Crippen LogP contribution is -2.38. The van der Waals surface area contributed by atoms with Gasteiger partial charge in [0, 0.05) is 26.2 Å². The van der Waals surface area contributed by atoms with Crippen molar-refractivity contribution in [3.8, 4) is 0 Å². The van der Waals surface area contributed by atoms with E-state index in [9.17, 15) is 5.11 Å². The number of aliphatic hydroxyl groups excluding tert-OH is 1. The van der Waals surface area contributed by atoms with Gasteiger partial charge in [-0.2, -0.15) is 13.5 Å². The summed E-state index contributed by atoms with van der Waals surface area (Å²) in [6.45, 7) is 6.73. The Kier molecular flexibility index (Phi) is 6.67. The molecule has 18 heavy (non-hydrogen) atoms. The second-order valence-corrected chi connectivity index (χ2v) is 5.46. The van der Waals surface area contributed by atoms with Gasteiger partial charge in [-0.05, 0) is 32.9 Å². The molecule has 0 aliphatic rings. The van der Waals surface area contributed by atoms with Crippen molar-refractivity contribution in [1.82, 2.24) is 10.3 Å². The van der Waals surface area contributed by atoms with Crippen LogP contribution in [-0.2, 0) is 0 Å². The lowest BCUT2D eigenvalue weighted by atomic mass is 10.1. The van der Waals surface area contributed by atoms with E-state index in [0.29, 0.717) is 12.2 Å². The first-order valence-electron chi connectivity index (χ1n) is 5.87. The van der Waals surface area contributed by atoms with Crippen LogP contribution in [0, 0.1) is 0 Å². The molecule has 5 heteroatoms. The van der Waals surface area contributed by atoms with Crippen molar-refractivity contribution in [3.05, 3.63) is 23.9 Å². The predicted molar refractivity (Wildman–Crippen MR) is 81.7 cm³/mol. The van der Waals surface area contributed by atoms with E-state index in [0.717, 1.165) is 5.82 Å². The number of pyridine rings is 1. The Morgan fingerprint density at radius 3 is 2.44 bits per heavy atom. The van der Waals surface area contributed by atoms with E-state index in [1.807, 2.05) is 37.2 Å². The summed E-state index contributed by atoms with van der Waals surface area (Å²) < 4.78 is 0. The Morgan fingerprint density at radius 1 is 1.33 bits per heavy atom. The number of hydrogen-bond donors (Lipinski definition) is 2. The Hall–Kier alpha value is -0.780. The van der Waals surface area contributed by atoms with E-state index in [1.165, 1.54) is 0 Å². The third kappa shape index (κ3) is 5.71. The molecule has 4 nitrogen and oxygen atoms in total. The molecule has 1 rings (SSSR count). The summed E-state index contributed by atoms with van der Waals surface area (Å²) in [6, 6.07) is 5.69. The van der Waals surface area contributed by atoms with Crippen LogP contribution < -0.4 is 10.2 Å². The topological polar surface area (TPSA) is 48.4 Å². The van der Waals surface area contributed by atoms with E-state index >= 15 is 0 Å². The molecule has 0 aliphatic carbocycles. The number of aliphatic hydroxyl groups is 1. The molecular formula is C13H25N3OS. The molecule has 0 radical (unpaired) electrons. The molecule has 1 aromatic heterocycles. The first kappa shape index (κ1) is 17.2. The van der Waals surface area contributed by atoms with Gasteiger partial charge in [-0.25, -0.2) is 4.98 Å². The zero-order chi connectivity index (χ0) is 13.1. The Bertz CT molecular complexity index is 363. The fraction of sp³-hybridized carbons (Fsp3) is 0.615. The van der Waals surface area contributed by atoms with E-state index in [-0.39, 0.29) is 19.0 Å². The Balaban J connectivity index is 0.00000289. The molecule has 0 unspecified atom stereocenters. The molecule has 0 bridgehead atoms. The van der Waals surface area contributed by atoms with Crippen molar-refractivity contribution in [2.24, 2.45) is 0 Å². The highest BCUT2D eigenvalue weighted by Gasteiger charge is 2.14. The van der Waals surface area contributed by atoms with Crippen molar-refractivity contribution in [1.29, 1.82) is 0 Å². The molecule has 0 aliphatic heterocycles. The molecule has 0 saturated heterocycles. The summed E-state index contributed by atoms with van der Waals surface area (Å²) in [7, 11) is 3.87. The van der Waals surface area contributed by atoms with E-state index in [4.69, 9.17) is 0 Å². The second-order valence-electron chi connectivity index (χ2n) is 5.46. The molecular weight excluding hydrogens is 246 g/mol. The first-order chi connectivity index (χ1) is 7.79. The molecule has 1 aromatic rings. The van der Waals surface area contributed by atoms with Crippen molar-refractivity contribution in [2.75, 3.05) is 25.5 Å². The van der Waals surface area contributed by atoms with Gasteiger partial charge in [0.05, 0.1) is 5.69 Å². The number of anilines is 1. The summed E-state index contributed by atoms with van der Waals surface area (Å²) >= 11 is 0. The summed E-state index contributed by atoms with van der Waals surface area (Å²) in [4.78, 5) is 6.33. The predicted octanol–water partition coefficient (Wildman–Crippen LogP) is 1.68. The molecule has 0 fully saturated rings. The highest BCUT2D eigenvalue weighted by Crippen LogP contribution is 2.14. The quantitative estimate of drug-likeness (QED) is 0.875. The highest BCUT2D eigenvalue weighted by atomic mass is 32.1. The smallest absolute Gasteiger partial charge is 0.128 e. The standard InChI is InChI=1S/C13H23N3O.H2S/c1-13(2,3)14-9-11(17)10-7-6-8-12(15-10)16(4)5;/h6-8,11,14,17H,9H2,1-5H3;1H2/t11-;/m0./s1. The normalized spacial score (nSPS) is 12.8. The van der Waals surface area contributed by atoms with Crippen molar-refractivity contribution in [3.63, 3.8) is 0 Å². The van der Waals surface area contributed by atoms with E-state index < -0.39 is 6.10 Å². The second kappa shape index (κ2) is 6.97. The summed E-state index contributed by atoms with van der Waals surface area (Å²) in [5.74, 6) is 0.859. The minimum atomic E-state index is -0.575. The number of hydrogen-bond acceptors (Lipinski definition) is 4. The van der Waals surface area contributed by atoms with Gasteiger partial charge < -0.3 is 15.3 Å². The lowest BCUT2D eigenvalue weighted by Gasteiger charge is -2.23. The Labute approximate surface area is 117 Å². The number of nitrogens with one attached hydrogen (secondary N) is 1. The third-order valence-corrected chi connectivity index (χ3v) is 2.38. The molecule has 0 aromatic carbocycles. The van der Waals surface area contributed by atoms with Crippen LogP contribution in [0.1, 0.15) is 32.6 Å². The van der Waals surface area contributed by atoms with Crippen molar-refractivity contribution < 1.29 is 5.11 Å². The average Bonchev–Trinajstić information content (AvgIpc) is 2.25. The van der Waals surface area contributed by atoms with Crippen LogP contribution in [0.2, 0.25) is 0 Å². The SMILES string of the molecule is CN(C)c1cccc([C@@H](O)CNC(C)(C)C)n1.S. The largest absolute Gasteiger partial charge is 0.385 e. The van der Waals surface area contributed by atoms with Crippen LogP contribution in [0.3, 0.4) is 0 Å². The molecule has 0 amide bonds. The van der Waals surface area contributed by atoms with Gasteiger partial charge in [-0.3, -0.25) is 0 Å². The van der Waals surface area contributed by atoms with Crippen LogP contribution >= 0.6 is 13.5 Å². The molecule has 104 valence electrons. The van der Waals surface area contributed by atoms with Crippen LogP contribution in [-0.4, -0.2) is 36.3 Å². The number of β-amino-alcohol motifs (C(OH)–C–C–N with tert-alkyl or cyclic N) is 1.